The first kappa shape index (κ1) is 16.2. The number of amides is 1. The minimum Gasteiger partial charge on any atom is -0.496 e. The summed E-state index contributed by atoms with van der Waals surface area (Å²) in [5.41, 5.74) is 2.55. The van der Waals surface area contributed by atoms with E-state index in [1.807, 2.05) is 31.2 Å². The van der Waals surface area contributed by atoms with Crippen molar-refractivity contribution >= 4 is 5.91 Å². The van der Waals surface area contributed by atoms with Gasteiger partial charge in [0.25, 0.3) is 5.91 Å². The molecule has 1 heterocycles. The molecular formula is C19H21NO4. The summed E-state index contributed by atoms with van der Waals surface area (Å²) in [6.45, 7) is 2.34. The van der Waals surface area contributed by atoms with Gasteiger partial charge in [0.2, 0.25) is 0 Å². The molecule has 1 amide bonds. The van der Waals surface area contributed by atoms with Gasteiger partial charge in [-0.05, 0) is 30.7 Å². The second kappa shape index (κ2) is 6.83. The van der Waals surface area contributed by atoms with Gasteiger partial charge in [-0.2, -0.15) is 0 Å². The highest BCUT2D eigenvalue weighted by atomic mass is 16.5. The Kier molecular flexibility index (Phi) is 4.60. The minimum absolute atomic E-state index is 0.0411. The molecule has 0 saturated heterocycles. The molecule has 1 aliphatic rings. The van der Waals surface area contributed by atoms with Crippen LogP contribution in [0, 0.1) is 6.92 Å². The molecule has 0 spiro atoms. The number of hydrogen-bond donors (Lipinski definition) is 1. The van der Waals surface area contributed by atoms with Crippen LogP contribution in [0.2, 0.25) is 0 Å². The zero-order valence-corrected chi connectivity index (χ0v) is 14.1. The van der Waals surface area contributed by atoms with Crippen molar-refractivity contribution in [2.45, 2.75) is 19.4 Å². The normalized spacial score (nSPS) is 15.4. The number of para-hydroxylation sites is 1. The molecule has 0 aromatic heterocycles. The van der Waals surface area contributed by atoms with Crippen LogP contribution in [0.4, 0.5) is 0 Å². The quantitative estimate of drug-likeness (QED) is 0.917. The maximum absolute atomic E-state index is 12.4. The Bertz CT molecular complexity index is 707. The SMILES string of the molecule is COc1cc(C(=O)NCC2Cc3ccccc3O2)cc(OC)c1C. The fourth-order valence-corrected chi connectivity index (χ4v) is 2.89. The lowest BCUT2D eigenvalue weighted by Gasteiger charge is -2.14. The highest BCUT2D eigenvalue weighted by molar-refractivity contribution is 5.95. The molecule has 1 atom stereocenters. The van der Waals surface area contributed by atoms with Crippen molar-refractivity contribution in [1.29, 1.82) is 0 Å². The summed E-state index contributed by atoms with van der Waals surface area (Å²) in [6, 6.07) is 11.4. The van der Waals surface area contributed by atoms with Crippen molar-refractivity contribution in [3.8, 4) is 17.2 Å². The molecular weight excluding hydrogens is 306 g/mol. The molecule has 2 aromatic carbocycles. The summed E-state index contributed by atoms with van der Waals surface area (Å²) >= 11 is 0. The van der Waals surface area contributed by atoms with E-state index in [9.17, 15) is 4.79 Å². The van der Waals surface area contributed by atoms with Crippen LogP contribution in [0.5, 0.6) is 17.2 Å². The van der Waals surface area contributed by atoms with E-state index in [1.54, 1.807) is 26.4 Å². The number of benzene rings is 2. The van der Waals surface area contributed by atoms with Gasteiger partial charge in [-0.3, -0.25) is 4.79 Å². The highest BCUT2D eigenvalue weighted by Crippen LogP contribution is 2.30. The van der Waals surface area contributed by atoms with E-state index in [2.05, 4.69) is 5.32 Å². The lowest BCUT2D eigenvalue weighted by Crippen LogP contribution is -2.34. The van der Waals surface area contributed by atoms with E-state index in [0.29, 0.717) is 23.6 Å². The van der Waals surface area contributed by atoms with E-state index >= 15 is 0 Å². The summed E-state index contributed by atoms with van der Waals surface area (Å²) in [5, 5.41) is 2.92. The van der Waals surface area contributed by atoms with Crippen molar-refractivity contribution in [2.75, 3.05) is 20.8 Å². The number of rotatable bonds is 5. The topological polar surface area (TPSA) is 56.8 Å². The predicted molar refractivity (Wildman–Crippen MR) is 91.2 cm³/mol. The van der Waals surface area contributed by atoms with Crippen molar-refractivity contribution < 1.29 is 19.0 Å². The van der Waals surface area contributed by atoms with Crippen LogP contribution in [0.25, 0.3) is 0 Å². The molecule has 5 nitrogen and oxygen atoms in total. The second-order valence-corrected chi connectivity index (χ2v) is 5.77. The number of methoxy groups -OCH3 is 2. The molecule has 0 fully saturated rings. The second-order valence-electron chi connectivity index (χ2n) is 5.77. The third-order valence-corrected chi connectivity index (χ3v) is 4.22. The average Bonchev–Trinajstić information content (AvgIpc) is 3.02. The van der Waals surface area contributed by atoms with E-state index in [-0.39, 0.29) is 12.0 Å². The number of fused-ring (bicyclic) bond motifs is 1. The Hall–Kier alpha value is -2.69. The van der Waals surface area contributed by atoms with Gasteiger partial charge in [-0.15, -0.1) is 0 Å². The Morgan fingerprint density at radius 1 is 1.21 bits per heavy atom. The number of carbonyl (C=O) groups is 1. The first-order valence-electron chi connectivity index (χ1n) is 7.87. The molecule has 2 aromatic rings. The van der Waals surface area contributed by atoms with Crippen LogP contribution in [0.1, 0.15) is 21.5 Å². The maximum Gasteiger partial charge on any atom is 0.251 e. The maximum atomic E-state index is 12.4. The van der Waals surface area contributed by atoms with Gasteiger partial charge in [-0.25, -0.2) is 0 Å². The van der Waals surface area contributed by atoms with Gasteiger partial charge in [-0.1, -0.05) is 18.2 Å². The smallest absolute Gasteiger partial charge is 0.251 e. The predicted octanol–water partition coefficient (Wildman–Crippen LogP) is 2.75. The molecule has 24 heavy (non-hydrogen) atoms. The number of ether oxygens (including phenoxy) is 3. The van der Waals surface area contributed by atoms with E-state index < -0.39 is 0 Å². The van der Waals surface area contributed by atoms with Crippen LogP contribution in [0.15, 0.2) is 36.4 Å². The lowest BCUT2D eigenvalue weighted by atomic mass is 10.1. The third-order valence-electron chi connectivity index (χ3n) is 4.22. The fourth-order valence-electron chi connectivity index (χ4n) is 2.89. The average molecular weight is 327 g/mol. The van der Waals surface area contributed by atoms with Crippen molar-refractivity contribution in [2.24, 2.45) is 0 Å². The van der Waals surface area contributed by atoms with Crippen molar-refractivity contribution in [1.82, 2.24) is 5.32 Å². The van der Waals surface area contributed by atoms with Gasteiger partial charge in [0.15, 0.2) is 0 Å². The molecule has 3 rings (SSSR count). The van der Waals surface area contributed by atoms with Gasteiger partial charge < -0.3 is 19.5 Å². The zero-order chi connectivity index (χ0) is 17.1. The fraction of sp³-hybridized carbons (Fsp3) is 0.316. The molecule has 0 radical (unpaired) electrons. The first-order chi connectivity index (χ1) is 11.6. The summed E-state index contributed by atoms with van der Waals surface area (Å²) in [7, 11) is 3.15. The monoisotopic (exact) mass is 327 g/mol. The Morgan fingerprint density at radius 2 is 1.88 bits per heavy atom. The highest BCUT2D eigenvalue weighted by Gasteiger charge is 2.23. The molecule has 1 aliphatic heterocycles. The summed E-state index contributed by atoms with van der Waals surface area (Å²) in [6.07, 6.45) is 0.761. The van der Waals surface area contributed by atoms with E-state index in [1.165, 1.54) is 5.56 Å². The molecule has 5 heteroatoms. The van der Waals surface area contributed by atoms with Crippen LogP contribution < -0.4 is 19.5 Å². The van der Waals surface area contributed by atoms with Crippen molar-refractivity contribution in [3.05, 3.63) is 53.1 Å². The van der Waals surface area contributed by atoms with Crippen molar-refractivity contribution in [3.63, 3.8) is 0 Å². The van der Waals surface area contributed by atoms with E-state index in [4.69, 9.17) is 14.2 Å². The van der Waals surface area contributed by atoms with Crippen LogP contribution in [-0.2, 0) is 6.42 Å². The number of nitrogens with one attached hydrogen (secondary N) is 1. The summed E-state index contributed by atoms with van der Waals surface area (Å²) in [5.74, 6) is 1.98. The molecule has 126 valence electrons. The summed E-state index contributed by atoms with van der Waals surface area (Å²) in [4.78, 5) is 12.4. The largest absolute Gasteiger partial charge is 0.496 e. The molecule has 0 bridgehead atoms. The van der Waals surface area contributed by atoms with Gasteiger partial charge in [0.1, 0.15) is 23.4 Å². The lowest BCUT2D eigenvalue weighted by molar-refractivity contribution is 0.0933. The Labute approximate surface area is 141 Å². The Balaban J connectivity index is 1.66. The molecule has 0 aliphatic carbocycles. The van der Waals surface area contributed by atoms with Gasteiger partial charge in [0, 0.05) is 17.5 Å². The number of carbonyl (C=O) groups excluding carboxylic acids is 1. The minimum atomic E-state index is -0.175. The van der Waals surface area contributed by atoms with E-state index in [0.717, 1.165) is 17.7 Å². The number of hydrogen-bond acceptors (Lipinski definition) is 4. The third kappa shape index (κ3) is 3.15. The molecule has 1 unspecified atom stereocenters. The first-order valence-corrected chi connectivity index (χ1v) is 7.87. The molecule has 0 saturated carbocycles. The summed E-state index contributed by atoms with van der Waals surface area (Å²) < 4.78 is 16.5. The zero-order valence-electron chi connectivity index (χ0n) is 14.1. The van der Waals surface area contributed by atoms with Crippen LogP contribution in [-0.4, -0.2) is 32.8 Å². The van der Waals surface area contributed by atoms with Crippen LogP contribution in [0.3, 0.4) is 0 Å². The van der Waals surface area contributed by atoms with Crippen LogP contribution >= 0.6 is 0 Å². The Morgan fingerprint density at radius 3 is 2.50 bits per heavy atom. The van der Waals surface area contributed by atoms with Gasteiger partial charge in [0.05, 0.1) is 20.8 Å². The standard InChI is InChI=1S/C19H21NO4/c1-12-17(22-2)9-14(10-18(12)23-3)19(21)20-11-15-8-13-6-4-5-7-16(13)24-15/h4-7,9-10,15H,8,11H2,1-3H3,(H,20,21). The van der Waals surface area contributed by atoms with Gasteiger partial charge >= 0.3 is 0 Å². The molecule has 1 N–H and O–H groups in total.